The number of aromatic amines is 1. The minimum absolute atomic E-state index is 0.666. The van der Waals surface area contributed by atoms with Gasteiger partial charge < -0.3 is 0 Å². The van der Waals surface area contributed by atoms with Crippen molar-refractivity contribution in [2.45, 2.75) is 65.3 Å². The van der Waals surface area contributed by atoms with Crippen molar-refractivity contribution >= 4 is 0 Å². The first-order valence-corrected chi connectivity index (χ1v) is 11.6. The van der Waals surface area contributed by atoms with E-state index in [4.69, 9.17) is 10.1 Å². The van der Waals surface area contributed by atoms with Crippen LogP contribution in [-0.2, 0) is 19.4 Å². The normalized spacial score (nSPS) is 11.2. The predicted octanol–water partition coefficient (Wildman–Crippen LogP) is 5.25. The lowest BCUT2D eigenvalue weighted by atomic mass is 9.96. The quantitative estimate of drug-likeness (QED) is 0.329. The van der Waals surface area contributed by atoms with Crippen LogP contribution in [0.25, 0.3) is 22.5 Å². The standard InChI is InChI=1S/C25H31N7/c1-3-5-10-16-32-24(26-23(29-32)13-6-4-2)18-19-14-15-21(20-11-8-7-9-12-20)22(17-19)25-27-30-31-28-25/h7-9,11-12,14-15,17H,3-6,10,13,16,18H2,1-2H3,(H,27,28,30,31). The first-order valence-electron chi connectivity index (χ1n) is 11.6. The zero-order valence-electron chi connectivity index (χ0n) is 19.0. The molecule has 1 N–H and O–H groups in total. The van der Waals surface area contributed by atoms with Gasteiger partial charge in [0.05, 0.1) is 0 Å². The number of unbranched alkanes of at least 4 members (excludes halogenated alkanes) is 3. The molecule has 4 aromatic rings. The van der Waals surface area contributed by atoms with Crippen molar-refractivity contribution < 1.29 is 0 Å². The summed E-state index contributed by atoms with van der Waals surface area (Å²) in [6.45, 7) is 5.35. The average Bonchev–Trinajstić information content (AvgIpc) is 3.49. The van der Waals surface area contributed by atoms with Gasteiger partial charge in [-0.15, -0.1) is 5.10 Å². The van der Waals surface area contributed by atoms with Gasteiger partial charge >= 0.3 is 0 Å². The van der Waals surface area contributed by atoms with Crippen molar-refractivity contribution in [3.63, 3.8) is 0 Å². The summed E-state index contributed by atoms with van der Waals surface area (Å²) >= 11 is 0. The first kappa shape index (κ1) is 21.9. The molecule has 0 amide bonds. The minimum Gasteiger partial charge on any atom is -0.249 e. The van der Waals surface area contributed by atoms with Gasteiger partial charge in [0.2, 0.25) is 0 Å². The molecule has 32 heavy (non-hydrogen) atoms. The van der Waals surface area contributed by atoms with Gasteiger partial charge in [-0.25, -0.2) is 14.8 Å². The van der Waals surface area contributed by atoms with Gasteiger partial charge in [0.1, 0.15) is 5.82 Å². The number of nitrogens with one attached hydrogen (secondary N) is 1. The highest BCUT2D eigenvalue weighted by Crippen LogP contribution is 2.31. The van der Waals surface area contributed by atoms with Gasteiger partial charge in [0.25, 0.3) is 0 Å². The summed E-state index contributed by atoms with van der Waals surface area (Å²) in [6.07, 6.45) is 7.46. The molecule has 0 aliphatic carbocycles. The molecule has 7 nitrogen and oxygen atoms in total. The van der Waals surface area contributed by atoms with Crippen LogP contribution in [0.3, 0.4) is 0 Å². The van der Waals surface area contributed by atoms with Crippen molar-refractivity contribution in [3.8, 4) is 22.5 Å². The van der Waals surface area contributed by atoms with Gasteiger partial charge in [0.15, 0.2) is 11.6 Å². The Bertz CT molecular complexity index is 1100. The Balaban J connectivity index is 1.65. The fourth-order valence-corrected chi connectivity index (χ4v) is 3.91. The zero-order chi connectivity index (χ0) is 22.2. The molecule has 0 unspecified atom stereocenters. The predicted molar refractivity (Wildman–Crippen MR) is 126 cm³/mol. The van der Waals surface area contributed by atoms with Crippen LogP contribution in [0.15, 0.2) is 48.5 Å². The van der Waals surface area contributed by atoms with E-state index < -0.39 is 0 Å². The number of rotatable bonds is 11. The molecule has 2 heterocycles. The molecule has 0 radical (unpaired) electrons. The molecule has 0 spiro atoms. The maximum Gasteiger partial charge on any atom is 0.180 e. The molecular weight excluding hydrogens is 398 g/mol. The highest BCUT2D eigenvalue weighted by molar-refractivity contribution is 5.80. The number of nitrogens with zero attached hydrogens (tertiary/aromatic N) is 6. The third kappa shape index (κ3) is 5.28. The van der Waals surface area contributed by atoms with Crippen molar-refractivity contribution in [3.05, 3.63) is 65.7 Å². The fourth-order valence-electron chi connectivity index (χ4n) is 3.91. The number of aryl methyl sites for hydroxylation is 2. The van der Waals surface area contributed by atoms with E-state index in [1.54, 1.807) is 0 Å². The number of tetrazole rings is 1. The summed E-state index contributed by atoms with van der Waals surface area (Å²) in [5, 5.41) is 19.5. The molecule has 0 saturated heterocycles. The number of benzene rings is 2. The van der Waals surface area contributed by atoms with Crippen LogP contribution in [0.2, 0.25) is 0 Å². The van der Waals surface area contributed by atoms with Gasteiger partial charge in [-0.2, -0.15) is 5.10 Å². The topological polar surface area (TPSA) is 85.2 Å². The Kier molecular flexibility index (Phi) is 7.38. The van der Waals surface area contributed by atoms with Crippen LogP contribution in [0.4, 0.5) is 0 Å². The molecule has 166 valence electrons. The van der Waals surface area contributed by atoms with Crippen LogP contribution < -0.4 is 0 Å². The smallest absolute Gasteiger partial charge is 0.180 e. The lowest BCUT2D eigenvalue weighted by Gasteiger charge is -2.11. The van der Waals surface area contributed by atoms with Crippen LogP contribution in [-0.4, -0.2) is 35.4 Å². The van der Waals surface area contributed by atoms with E-state index >= 15 is 0 Å². The van der Waals surface area contributed by atoms with Crippen molar-refractivity contribution in [2.75, 3.05) is 0 Å². The fraction of sp³-hybridized carbons (Fsp3) is 0.400. The maximum absolute atomic E-state index is 4.90. The van der Waals surface area contributed by atoms with Gasteiger partial charge in [-0.1, -0.05) is 75.6 Å². The second-order valence-corrected chi connectivity index (χ2v) is 8.15. The average molecular weight is 430 g/mol. The summed E-state index contributed by atoms with van der Waals surface area (Å²) in [6, 6.07) is 16.8. The van der Waals surface area contributed by atoms with Gasteiger partial charge in [0, 0.05) is 24.9 Å². The van der Waals surface area contributed by atoms with E-state index in [2.05, 4.69) is 69.5 Å². The lowest BCUT2D eigenvalue weighted by molar-refractivity contribution is 0.530. The number of hydrogen-bond donors (Lipinski definition) is 1. The summed E-state index contributed by atoms with van der Waals surface area (Å²) in [4.78, 5) is 4.90. The third-order valence-corrected chi connectivity index (χ3v) is 5.65. The Hall–Kier alpha value is -3.35. The first-order chi connectivity index (χ1) is 15.8. The van der Waals surface area contributed by atoms with E-state index in [0.717, 1.165) is 67.0 Å². The molecule has 0 aliphatic heterocycles. The molecule has 0 aliphatic rings. The summed E-state index contributed by atoms with van der Waals surface area (Å²) in [5.74, 6) is 2.65. The number of hydrogen-bond acceptors (Lipinski definition) is 5. The molecular formula is C25H31N7. The highest BCUT2D eigenvalue weighted by Gasteiger charge is 2.15. The van der Waals surface area contributed by atoms with Crippen molar-refractivity contribution in [1.82, 2.24) is 35.4 Å². The highest BCUT2D eigenvalue weighted by atomic mass is 15.5. The van der Waals surface area contributed by atoms with Crippen molar-refractivity contribution in [1.29, 1.82) is 0 Å². The molecule has 0 fully saturated rings. The molecule has 2 aromatic carbocycles. The third-order valence-electron chi connectivity index (χ3n) is 5.65. The van der Waals surface area contributed by atoms with Crippen molar-refractivity contribution in [2.24, 2.45) is 0 Å². The van der Waals surface area contributed by atoms with E-state index in [9.17, 15) is 0 Å². The summed E-state index contributed by atoms with van der Waals surface area (Å²) < 4.78 is 2.11. The molecule has 0 bridgehead atoms. The van der Waals surface area contributed by atoms with E-state index in [1.165, 1.54) is 18.4 Å². The Morgan fingerprint density at radius 2 is 1.75 bits per heavy atom. The number of H-pyrrole nitrogens is 1. The summed E-state index contributed by atoms with van der Waals surface area (Å²) in [5.41, 5.74) is 4.39. The Morgan fingerprint density at radius 3 is 2.50 bits per heavy atom. The Labute approximate surface area is 189 Å². The van der Waals surface area contributed by atoms with Crippen LogP contribution in [0.1, 0.15) is 63.2 Å². The molecule has 7 heteroatoms. The van der Waals surface area contributed by atoms with Crippen LogP contribution in [0.5, 0.6) is 0 Å². The zero-order valence-corrected chi connectivity index (χ0v) is 19.0. The van der Waals surface area contributed by atoms with E-state index in [0.29, 0.717) is 5.82 Å². The second kappa shape index (κ2) is 10.8. The van der Waals surface area contributed by atoms with Crippen LogP contribution >= 0.6 is 0 Å². The van der Waals surface area contributed by atoms with Gasteiger partial charge in [-0.05, 0) is 46.0 Å². The molecule has 2 aromatic heterocycles. The van der Waals surface area contributed by atoms with Crippen LogP contribution in [0, 0.1) is 0 Å². The monoisotopic (exact) mass is 429 g/mol. The molecule has 0 atom stereocenters. The Morgan fingerprint density at radius 1 is 0.906 bits per heavy atom. The summed E-state index contributed by atoms with van der Waals surface area (Å²) in [7, 11) is 0. The molecule has 4 rings (SSSR count). The molecule has 0 saturated carbocycles. The SMILES string of the molecule is CCCCCn1nc(CCCC)nc1Cc1ccc(-c2ccccc2)c(-c2nnn[nH]2)c1. The lowest BCUT2D eigenvalue weighted by Crippen LogP contribution is -2.07. The number of aromatic nitrogens is 7. The van der Waals surface area contributed by atoms with E-state index in [1.807, 2.05) is 18.2 Å². The van der Waals surface area contributed by atoms with Gasteiger partial charge in [-0.3, -0.25) is 0 Å². The maximum atomic E-state index is 4.90. The largest absolute Gasteiger partial charge is 0.249 e. The second-order valence-electron chi connectivity index (χ2n) is 8.15. The van der Waals surface area contributed by atoms with E-state index in [-0.39, 0.29) is 0 Å². The minimum atomic E-state index is 0.666.